The van der Waals surface area contributed by atoms with Crippen molar-refractivity contribution in [3.63, 3.8) is 0 Å². The maximum Gasteiger partial charge on any atom is 0.0645 e. The molecule has 3 heteroatoms. The molecule has 0 spiro atoms. The largest absolute Gasteiger partial charge is 0.378 e. The molecule has 0 aromatic rings. The van der Waals surface area contributed by atoms with Crippen LogP contribution in [0.15, 0.2) is 0 Å². The quantitative estimate of drug-likeness (QED) is 0.722. The SMILES string of the molecule is CCCNC(CC)CCCN1CCOCC1(C)C. The minimum atomic E-state index is 0.219. The lowest BCUT2D eigenvalue weighted by Crippen LogP contribution is -2.53. The summed E-state index contributed by atoms with van der Waals surface area (Å²) in [5.74, 6) is 0. The molecule has 0 saturated carbocycles. The Hall–Kier alpha value is -0.120. The van der Waals surface area contributed by atoms with Gasteiger partial charge in [0.15, 0.2) is 0 Å². The van der Waals surface area contributed by atoms with Gasteiger partial charge in [-0.25, -0.2) is 0 Å². The summed E-state index contributed by atoms with van der Waals surface area (Å²) in [5, 5.41) is 3.63. The van der Waals surface area contributed by atoms with Crippen molar-refractivity contribution in [3.8, 4) is 0 Å². The zero-order chi connectivity index (χ0) is 13.4. The maximum atomic E-state index is 5.56. The minimum Gasteiger partial charge on any atom is -0.378 e. The zero-order valence-corrected chi connectivity index (χ0v) is 12.8. The van der Waals surface area contributed by atoms with Crippen LogP contribution < -0.4 is 5.32 Å². The molecule has 1 atom stereocenters. The van der Waals surface area contributed by atoms with Crippen molar-refractivity contribution in [1.29, 1.82) is 0 Å². The number of nitrogens with zero attached hydrogens (tertiary/aromatic N) is 1. The summed E-state index contributed by atoms with van der Waals surface area (Å²) < 4.78 is 5.56. The van der Waals surface area contributed by atoms with Gasteiger partial charge in [-0.05, 0) is 52.6 Å². The molecule has 0 aromatic carbocycles. The lowest BCUT2D eigenvalue weighted by atomic mass is 10.0. The first-order valence-electron chi connectivity index (χ1n) is 7.66. The van der Waals surface area contributed by atoms with Crippen molar-refractivity contribution >= 4 is 0 Å². The Morgan fingerprint density at radius 1 is 1.33 bits per heavy atom. The van der Waals surface area contributed by atoms with Gasteiger partial charge in [-0.15, -0.1) is 0 Å². The molecule has 0 aromatic heterocycles. The highest BCUT2D eigenvalue weighted by atomic mass is 16.5. The van der Waals surface area contributed by atoms with E-state index in [4.69, 9.17) is 4.74 Å². The fourth-order valence-electron chi connectivity index (χ4n) is 2.63. The highest BCUT2D eigenvalue weighted by Gasteiger charge is 2.29. The van der Waals surface area contributed by atoms with Crippen molar-refractivity contribution < 1.29 is 4.74 Å². The molecule has 108 valence electrons. The third kappa shape index (κ3) is 5.25. The van der Waals surface area contributed by atoms with Gasteiger partial charge in [-0.1, -0.05) is 13.8 Å². The molecular formula is C15H32N2O. The molecule has 1 N–H and O–H groups in total. The first-order valence-corrected chi connectivity index (χ1v) is 7.66. The summed E-state index contributed by atoms with van der Waals surface area (Å²) in [4.78, 5) is 2.59. The van der Waals surface area contributed by atoms with E-state index in [1.807, 2.05) is 0 Å². The van der Waals surface area contributed by atoms with Crippen LogP contribution in [0, 0.1) is 0 Å². The number of hydrogen-bond acceptors (Lipinski definition) is 3. The van der Waals surface area contributed by atoms with Crippen LogP contribution in [0.25, 0.3) is 0 Å². The Morgan fingerprint density at radius 3 is 2.72 bits per heavy atom. The third-order valence-corrected chi connectivity index (χ3v) is 3.97. The number of rotatable bonds is 8. The predicted molar refractivity (Wildman–Crippen MR) is 78.1 cm³/mol. The van der Waals surface area contributed by atoms with E-state index in [1.54, 1.807) is 0 Å². The smallest absolute Gasteiger partial charge is 0.0645 e. The molecule has 0 bridgehead atoms. The summed E-state index contributed by atoms with van der Waals surface area (Å²) in [5.41, 5.74) is 0.219. The van der Waals surface area contributed by atoms with Crippen LogP contribution in [0.3, 0.4) is 0 Å². The second-order valence-corrected chi connectivity index (χ2v) is 6.05. The van der Waals surface area contributed by atoms with Gasteiger partial charge in [-0.3, -0.25) is 4.90 Å². The molecule has 1 fully saturated rings. The van der Waals surface area contributed by atoms with E-state index in [0.29, 0.717) is 6.04 Å². The molecule has 0 aliphatic carbocycles. The van der Waals surface area contributed by atoms with E-state index in [0.717, 1.165) is 26.3 Å². The van der Waals surface area contributed by atoms with Crippen molar-refractivity contribution in [2.75, 3.05) is 32.8 Å². The topological polar surface area (TPSA) is 24.5 Å². The lowest BCUT2D eigenvalue weighted by molar-refractivity contribution is -0.0515. The fraction of sp³-hybridized carbons (Fsp3) is 1.00. The van der Waals surface area contributed by atoms with Gasteiger partial charge in [0.05, 0.1) is 13.2 Å². The Bertz CT molecular complexity index is 219. The first-order chi connectivity index (χ1) is 8.60. The molecule has 18 heavy (non-hydrogen) atoms. The number of ether oxygens (including phenoxy) is 1. The highest BCUT2D eigenvalue weighted by molar-refractivity contribution is 4.84. The summed E-state index contributed by atoms with van der Waals surface area (Å²) in [7, 11) is 0. The molecule has 0 radical (unpaired) electrons. The van der Waals surface area contributed by atoms with E-state index in [-0.39, 0.29) is 5.54 Å². The summed E-state index contributed by atoms with van der Waals surface area (Å²) in [6, 6.07) is 0.703. The normalized spacial score (nSPS) is 22.0. The number of hydrogen-bond donors (Lipinski definition) is 1. The van der Waals surface area contributed by atoms with E-state index in [1.165, 1.54) is 32.2 Å². The van der Waals surface area contributed by atoms with Crippen molar-refractivity contribution in [3.05, 3.63) is 0 Å². The molecular weight excluding hydrogens is 224 g/mol. The molecule has 0 amide bonds. The predicted octanol–water partition coefficient (Wildman–Crippen LogP) is 2.66. The Labute approximate surface area is 113 Å². The van der Waals surface area contributed by atoms with Gasteiger partial charge in [0.25, 0.3) is 0 Å². The maximum absolute atomic E-state index is 5.56. The molecule has 3 nitrogen and oxygen atoms in total. The average molecular weight is 256 g/mol. The molecule has 1 heterocycles. The molecule has 1 saturated heterocycles. The van der Waals surface area contributed by atoms with Gasteiger partial charge >= 0.3 is 0 Å². The van der Waals surface area contributed by atoms with Gasteiger partial charge < -0.3 is 10.1 Å². The molecule has 1 rings (SSSR count). The number of morpholine rings is 1. The van der Waals surface area contributed by atoms with Crippen LogP contribution in [-0.4, -0.2) is 49.3 Å². The second-order valence-electron chi connectivity index (χ2n) is 6.05. The fourth-order valence-corrected chi connectivity index (χ4v) is 2.63. The van der Waals surface area contributed by atoms with E-state index < -0.39 is 0 Å². The van der Waals surface area contributed by atoms with E-state index in [9.17, 15) is 0 Å². The van der Waals surface area contributed by atoms with E-state index >= 15 is 0 Å². The van der Waals surface area contributed by atoms with Crippen LogP contribution in [0.4, 0.5) is 0 Å². The van der Waals surface area contributed by atoms with E-state index in [2.05, 4.69) is 37.9 Å². The number of nitrogens with one attached hydrogen (secondary N) is 1. The van der Waals surface area contributed by atoms with Crippen LogP contribution in [0.1, 0.15) is 53.4 Å². The standard InChI is InChI=1S/C15H32N2O/c1-5-9-16-14(6-2)8-7-10-17-11-12-18-13-15(17,3)4/h14,16H,5-13H2,1-4H3. The molecule has 1 aliphatic rings. The van der Waals surface area contributed by atoms with Crippen LogP contribution in [0.2, 0.25) is 0 Å². The van der Waals surface area contributed by atoms with Gasteiger partial charge in [0.2, 0.25) is 0 Å². The van der Waals surface area contributed by atoms with Crippen molar-refractivity contribution in [2.24, 2.45) is 0 Å². The van der Waals surface area contributed by atoms with Gasteiger partial charge in [0.1, 0.15) is 0 Å². The summed E-state index contributed by atoms with van der Waals surface area (Å²) in [6.07, 6.45) is 5.06. The Kier molecular flexibility index (Phi) is 7.20. The molecule has 1 aliphatic heterocycles. The summed E-state index contributed by atoms with van der Waals surface area (Å²) in [6.45, 7) is 14.3. The van der Waals surface area contributed by atoms with Gasteiger partial charge in [0, 0.05) is 18.1 Å². The van der Waals surface area contributed by atoms with Gasteiger partial charge in [-0.2, -0.15) is 0 Å². The van der Waals surface area contributed by atoms with Crippen LogP contribution in [-0.2, 0) is 4.74 Å². The lowest BCUT2D eigenvalue weighted by Gasteiger charge is -2.42. The van der Waals surface area contributed by atoms with Crippen LogP contribution in [0.5, 0.6) is 0 Å². The van der Waals surface area contributed by atoms with Crippen LogP contribution >= 0.6 is 0 Å². The average Bonchev–Trinajstić information content (AvgIpc) is 2.35. The first kappa shape index (κ1) is 15.9. The highest BCUT2D eigenvalue weighted by Crippen LogP contribution is 2.19. The summed E-state index contributed by atoms with van der Waals surface area (Å²) >= 11 is 0. The van der Waals surface area contributed by atoms with Crippen molar-refractivity contribution in [1.82, 2.24) is 10.2 Å². The zero-order valence-electron chi connectivity index (χ0n) is 12.8. The molecule has 1 unspecified atom stereocenters. The minimum absolute atomic E-state index is 0.219. The third-order valence-electron chi connectivity index (χ3n) is 3.97. The second kappa shape index (κ2) is 8.13. The monoisotopic (exact) mass is 256 g/mol. The Morgan fingerprint density at radius 2 is 2.11 bits per heavy atom. The van der Waals surface area contributed by atoms with Crippen molar-refractivity contribution in [2.45, 2.75) is 65.0 Å². The Balaban J connectivity index is 2.22.